The maximum Gasteiger partial charge on any atom is 0.165 e. The standard InChI is InChI=1S/C18H27NO2/c1-13-10-15-16(11-18(2,3)12-17(15)20)19(13)8-7-14-6-4-5-9-21-14/h10,14H,4-9,11-12H2,1-3H3. The van der Waals surface area contributed by atoms with Crippen LogP contribution in [0.5, 0.6) is 0 Å². The molecule has 1 aromatic heterocycles. The number of aryl methyl sites for hydroxylation is 1. The quantitative estimate of drug-likeness (QED) is 0.844. The molecule has 1 saturated heterocycles. The third kappa shape index (κ3) is 3.08. The molecule has 1 fully saturated rings. The molecule has 0 saturated carbocycles. The maximum atomic E-state index is 12.3. The molecule has 2 aliphatic rings. The van der Waals surface area contributed by atoms with Crippen molar-refractivity contribution in [1.82, 2.24) is 4.57 Å². The van der Waals surface area contributed by atoms with E-state index in [4.69, 9.17) is 4.74 Å². The zero-order chi connectivity index (χ0) is 15.0. The molecule has 0 N–H and O–H groups in total. The Morgan fingerprint density at radius 1 is 1.33 bits per heavy atom. The van der Waals surface area contributed by atoms with Gasteiger partial charge in [0, 0.05) is 36.5 Å². The number of carbonyl (C=O) groups excluding carboxylic acids is 1. The van der Waals surface area contributed by atoms with E-state index in [0.717, 1.165) is 31.6 Å². The normalized spacial score (nSPS) is 24.9. The van der Waals surface area contributed by atoms with Crippen LogP contribution in [0.4, 0.5) is 0 Å². The average molecular weight is 289 g/mol. The summed E-state index contributed by atoms with van der Waals surface area (Å²) in [4.78, 5) is 12.3. The van der Waals surface area contributed by atoms with Crippen molar-refractivity contribution in [2.45, 2.75) is 71.9 Å². The highest BCUT2D eigenvalue weighted by molar-refractivity contribution is 5.99. The molecule has 1 unspecified atom stereocenters. The van der Waals surface area contributed by atoms with Crippen LogP contribution in [0.3, 0.4) is 0 Å². The van der Waals surface area contributed by atoms with E-state index in [-0.39, 0.29) is 5.41 Å². The zero-order valence-corrected chi connectivity index (χ0v) is 13.6. The van der Waals surface area contributed by atoms with Crippen molar-refractivity contribution in [1.29, 1.82) is 0 Å². The number of carbonyl (C=O) groups is 1. The summed E-state index contributed by atoms with van der Waals surface area (Å²) in [6, 6.07) is 2.09. The van der Waals surface area contributed by atoms with Crippen LogP contribution in [0.2, 0.25) is 0 Å². The van der Waals surface area contributed by atoms with E-state index in [0.29, 0.717) is 18.3 Å². The minimum atomic E-state index is 0.0912. The van der Waals surface area contributed by atoms with Crippen LogP contribution in [0.15, 0.2) is 6.07 Å². The summed E-state index contributed by atoms with van der Waals surface area (Å²) in [6.07, 6.45) is 6.84. The average Bonchev–Trinajstić information content (AvgIpc) is 2.73. The lowest BCUT2D eigenvalue weighted by molar-refractivity contribution is 0.00859. The molecule has 0 bridgehead atoms. The van der Waals surface area contributed by atoms with Crippen LogP contribution >= 0.6 is 0 Å². The highest BCUT2D eigenvalue weighted by atomic mass is 16.5. The first-order valence-corrected chi connectivity index (χ1v) is 8.30. The van der Waals surface area contributed by atoms with Gasteiger partial charge < -0.3 is 9.30 Å². The van der Waals surface area contributed by atoms with Crippen molar-refractivity contribution in [2.75, 3.05) is 6.61 Å². The zero-order valence-electron chi connectivity index (χ0n) is 13.6. The third-order valence-electron chi connectivity index (χ3n) is 4.95. The molecule has 2 heterocycles. The number of Topliss-reactive ketones (excluding diaryl/α,β-unsaturated/α-hetero) is 1. The molecular formula is C18H27NO2. The van der Waals surface area contributed by atoms with Gasteiger partial charge in [0.1, 0.15) is 0 Å². The first-order chi connectivity index (χ1) is 9.96. The lowest BCUT2D eigenvalue weighted by Gasteiger charge is -2.30. The van der Waals surface area contributed by atoms with Gasteiger partial charge in [-0.3, -0.25) is 4.79 Å². The molecular weight excluding hydrogens is 262 g/mol. The highest BCUT2D eigenvalue weighted by Crippen LogP contribution is 2.36. The summed E-state index contributed by atoms with van der Waals surface area (Å²) in [7, 11) is 0. The summed E-state index contributed by atoms with van der Waals surface area (Å²) < 4.78 is 8.21. The molecule has 1 aliphatic carbocycles. The molecule has 0 spiro atoms. The summed E-state index contributed by atoms with van der Waals surface area (Å²) in [5.74, 6) is 0.317. The molecule has 3 heteroatoms. The second kappa shape index (κ2) is 5.60. The number of rotatable bonds is 3. The SMILES string of the molecule is Cc1cc2c(n1CCC1CCCCO1)CC(C)(C)CC2=O. The second-order valence-corrected chi connectivity index (χ2v) is 7.52. The molecule has 3 rings (SSSR count). The fourth-order valence-corrected chi connectivity index (χ4v) is 3.83. The minimum Gasteiger partial charge on any atom is -0.378 e. The van der Waals surface area contributed by atoms with Gasteiger partial charge in [-0.05, 0) is 50.5 Å². The first kappa shape index (κ1) is 14.8. The Balaban J connectivity index is 1.78. The van der Waals surface area contributed by atoms with Crippen LogP contribution in [0.1, 0.15) is 67.7 Å². The largest absolute Gasteiger partial charge is 0.378 e. The summed E-state index contributed by atoms with van der Waals surface area (Å²) in [6.45, 7) is 8.42. The van der Waals surface area contributed by atoms with Gasteiger partial charge in [0.2, 0.25) is 0 Å². The number of hydrogen-bond acceptors (Lipinski definition) is 2. The number of ether oxygens (including phenoxy) is 1. The smallest absolute Gasteiger partial charge is 0.165 e. The molecule has 0 radical (unpaired) electrons. The Labute approximate surface area is 127 Å². The number of aromatic nitrogens is 1. The predicted molar refractivity (Wildman–Crippen MR) is 83.8 cm³/mol. The van der Waals surface area contributed by atoms with Crippen molar-refractivity contribution < 1.29 is 9.53 Å². The van der Waals surface area contributed by atoms with Gasteiger partial charge in [0.15, 0.2) is 5.78 Å². The van der Waals surface area contributed by atoms with Crippen LogP contribution in [0.25, 0.3) is 0 Å². The Hall–Kier alpha value is -1.09. The number of fused-ring (bicyclic) bond motifs is 1. The van der Waals surface area contributed by atoms with Gasteiger partial charge in [-0.25, -0.2) is 0 Å². The highest BCUT2D eigenvalue weighted by Gasteiger charge is 2.33. The molecule has 116 valence electrons. The van der Waals surface area contributed by atoms with E-state index in [1.165, 1.54) is 30.7 Å². The second-order valence-electron chi connectivity index (χ2n) is 7.52. The summed E-state index contributed by atoms with van der Waals surface area (Å²) in [5.41, 5.74) is 3.54. The fraction of sp³-hybridized carbons (Fsp3) is 0.722. The summed E-state index contributed by atoms with van der Waals surface area (Å²) >= 11 is 0. The Bertz CT molecular complexity index is 536. The maximum absolute atomic E-state index is 12.3. The van der Waals surface area contributed by atoms with Gasteiger partial charge in [-0.2, -0.15) is 0 Å². The molecule has 1 atom stereocenters. The van der Waals surface area contributed by atoms with Crippen LogP contribution in [0, 0.1) is 12.3 Å². The van der Waals surface area contributed by atoms with E-state index in [2.05, 4.69) is 31.4 Å². The monoisotopic (exact) mass is 289 g/mol. The van der Waals surface area contributed by atoms with Crippen LogP contribution in [-0.4, -0.2) is 23.1 Å². The lowest BCUT2D eigenvalue weighted by atomic mass is 9.76. The van der Waals surface area contributed by atoms with E-state index in [9.17, 15) is 4.79 Å². The number of nitrogens with zero attached hydrogens (tertiary/aromatic N) is 1. The van der Waals surface area contributed by atoms with Gasteiger partial charge in [-0.15, -0.1) is 0 Å². The van der Waals surface area contributed by atoms with Gasteiger partial charge in [0.05, 0.1) is 6.10 Å². The van der Waals surface area contributed by atoms with Gasteiger partial charge in [0.25, 0.3) is 0 Å². The Kier molecular flexibility index (Phi) is 3.96. The lowest BCUT2D eigenvalue weighted by Crippen LogP contribution is -2.28. The molecule has 1 aliphatic heterocycles. The van der Waals surface area contributed by atoms with Crippen molar-refractivity contribution in [3.63, 3.8) is 0 Å². The predicted octanol–water partition coefficient (Wildman–Crippen LogP) is 3.91. The van der Waals surface area contributed by atoms with Crippen molar-refractivity contribution >= 4 is 5.78 Å². The third-order valence-corrected chi connectivity index (χ3v) is 4.95. The van der Waals surface area contributed by atoms with E-state index < -0.39 is 0 Å². The van der Waals surface area contributed by atoms with E-state index in [1.807, 2.05) is 0 Å². The molecule has 3 nitrogen and oxygen atoms in total. The van der Waals surface area contributed by atoms with Gasteiger partial charge in [-0.1, -0.05) is 13.8 Å². The number of hydrogen-bond donors (Lipinski definition) is 0. The summed E-state index contributed by atoms with van der Waals surface area (Å²) in [5, 5.41) is 0. The molecule has 0 aromatic carbocycles. The molecule has 21 heavy (non-hydrogen) atoms. The number of ketones is 1. The van der Waals surface area contributed by atoms with Gasteiger partial charge >= 0.3 is 0 Å². The van der Waals surface area contributed by atoms with E-state index >= 15 is 0 Å². The topological polar surface area (TPSA) is 31.2 Å². The Morgan fingerprint density at radius 2 is 2.14 bits per heavy atom. The molecule has 0 amide bonds. The van der Waals surface area contributed by atoms with Crippen molar-refractivity contribution in [2.24, 2.45) is 5.41 Å². The van der Waals surface area contributed by atoms with Crippen LogP contribution in [-0.2, 0) is 17.7 Å². The van der Waals surface area contributed by atoms with Crippen molar-refractivity contribution in [3.8, 4) is 0 Å². The van der Waals surface area contributed by atoms with Crippen molar-refractivity contribution in [3.05, 3.63) is 23.0 Å². The van der Waals surface area contributed by atoms with E-state index in [1.54, 1.807) is 0 Å². The fourth-order valence-electron chi connectivity index (χ4n) is 3.83. The van der Waals surface area contributed by atoms with Crippen LogP contribution < -0.4 is 0 Å². The molecule has 1 aromatic rings. The first-order valence-electron chi connectivity index (χ1n) is 8.30. The minimum absolute atomic E-state index is 0.0912. The Morgan fingerprint density at radius 3 is 2.86 bits per heavy atom.